The van der Waals surface area contributed by atoms with Crippen LogP contribution >= 0.6 is 11.3 Å². The van der Waals surface area contributed by atoms with Crippen molar-refractivity contribution in [1.29, 1.82) is 5.26 Å². The molecule has 2 aromatic rings. The first-order chi connectivity index (χ1) is 11.7. The van der Waals surface area contributed by atoms with Gasteiger partial charge in [0.25, 0.3) is 0 Å². The standard InChI is InChI=1S/C18H16N2O3S/c19-12-14(18(21)22)11-16-5-6-17(24-16)13-1-3-15(4-2-13)20-7-9-23-10-8-20/h1-6,11H,7-10H2,(H,21,22). The molecule has 1 N–H and O–H groups in total. The Morgan fingerprint density at radius 3 is 2.54 bits per heavy atom. The number of anilines is 1. The number of hydrogen-bond acceptors (Lipinski definition) is 5. The van der Waals surface area contributed by atoms with E-state index in [9.17, 15) is 4.79 Å². The Kier molecular flexibility index (Phi) is 4.94. The number of carbonyl (C=O) groups is 1. The molecule has 3 rings (SSSR count). The molecule has 1 aromatic carbocycles. The molecule has 0 atom stereocenters. The van der Waals surface area contributed by atoms with Gasteiger partial charge in [0.1, 0.15) is 11.6 Å². The number of nitrogens with zero attached hydrogens (tertiary/aromatic N) is 2. The molecule has 1 saturated heterocycles. The number of carboxylic acids is 1. The van der Waals surface area contributed by atoms with Crippen molar-refractivity contribution in [1.82, 2.24) is 0 Å². The van der Waals surface area contributed by atoms with Crippen molar-refractivity contribution in [2.45, 2.75) is 0 Å². The number of nitriles is 1. The first kappa shape index (κ1) is 16.2. The lowest BCUT2D eigenvalue weighted by atomic mass is 10.1. The van der Waals surface area contributed by atoms with Crippen molar-refractivity contribution in [2.24, 2.45) is 0 Å². The first-order valence-corrected chi connectivity index (χ1v) is 8.37. The molecule has 5 nitrogen and oxygen atoms in total. The van der Waals surface area contributed by atoms with Gasteiger partial charge in [0, 0.05) is 28.5 Å². The van der Waals surface area contributed by atoms with Gasteiger partial charge < -0.3 is 14.7 Å². The fourth-order valence-corrected chi connectivity index (χ4v) is 3.48. The summed E-state index contributed by atoms with van der Waals surface area (Å²) in [6.07, 6.45) is 1.40. The summed E-state index contributed by atoms with van der Waals surface area (Å²) in [4.78, 5) is 15.0. The van der Waals surface area contributed by atoms with E-state index in [2.05, 4.69) is 29.2 Å². The maximum Gasteiger partial charge on any atom is 0.346 e. The van der Waals surface area contributed by atoms with Crippen LogP contribution in [0.15, 0.2) is 42.0 Å². The molecule has 2 heterocycles. The zero-order chi connectivity index (χ0) is 16.9. The highest BCUT2D eigenvalue weighted by atomic mass is 32.1. The minimum Gasteiger partial charge on any atom is -0.477 e. The van der Waals surface area contributed by atoms with E-state index in [4.69, 9.17) is 15.1 Å². The second kappa shape index (κ2) is 7.30. The minimum absolute atomic E-state index is 0.258. The second-order valence-corrected chi connectivity index (χ2v) is 6.44. The summed E-state index contributed by atoms with van der Waals surface area (Å²) in [5.74, 6) is -1.21. The van der Waals surface area contributed by atoms with E-state index in [-0.39, 0.29) is 5.57 Å². The second-order valence-electron chi connectivity index (χ2n) is 5.32. The number of morpholine rings is 1. The highest BCUT2D eigenvalue weighted by Gasteiger charge is 2.12. The maximum absolute atomic E-state index is 10.9. The molecule has 1 aliphatic heterocycles. The Hall–Kier alpha value is -2.62. The van der Waals surface area contributed by atoms with Crippen LogP contribution in [0.2, 0.25) is 0 Å². The van der Waals surface area contributed by atoms with Gasteiger partial charge in [-0.25, -0.2) is 4.79 Å². The molecular formula is C18H16N2O3S. The van der Waals surface area contributed by atoms with E-state index in [1.165, 1.54) is 23.1 Å². The molecule has 1 fully saturated rings. The SMILES string of the molecule is N#CC(=Cc1ccc(-c2ccc(N3CCOCC3)cc2)s1)C(=O)O. The molecule has 24 heavy (non-hydrogen) atoms. The average molecular weight is 340 g/mol. The number of hydrogen-bond donors (Lipinski definition) is 1. The zero-order valence-electron chi connectivity index (χ0n) is 12.9. The van der Waals surface area contributed by atoms with Crippen LogP contribution in [-0.4, -0.2) is 37.4 Å². The molecule has 0 bridgehead atoms. The van der Waals surface area contributed by atoms with Crippen molar-refractivity contribution in [3.8, 4) is 16.5 Å². The number of ether oxygens (including phenoxy) is 1. The summed E-state index contributed by atoms with van der Waals surface area (Å²) < 4.78 is 5.36. The molecule has 0 spiro atoms. The molecule has 122 valence electrons. The summed E-state index contributed by atoms with van der Waals surface area (Å²) in [7, 11) is 0. The quantitative estimate of drug-likeness (QED) is 0.683. The minimum atomic E-state index is -1.21. The van der Waals surface area contributed by atoms with Crippen LogP contribution in [0.25, 0.3) is 16.5 Å². The van der Waals surface area contributed by atoms with Gasteiger partial charge in [0.05, 0.1) is 13.2 Å². The number of aliphatic carboxylic acids is 1. The molecule has 0 unspecified atom stereocenters. The van der Waals surface area contributed by atoms with Gasteiger partial charge in [0.2, 0.25) is 0 Å². The molecule has 0 saturated carbocycles. The molecular weight excluding hydrogens is 324 g/mol. The van der Waals surface area contributed by atoms with Crippen molar-refractivity contribution in [3.63, 3.8) is 0 Å². The third-order valence-corrected chi connectivity index (χ3v) is 4.87. The van der Waals surface area contributed by atoms with Crippen LogP contribution in [0.5, 0.6) is 0 Å². The van der Waals surface area contributed by atoms with Gasteiger partial charge >= 0.3 is 5.97 Å². The summed E-state index contributed by atoms with van der Waals surface area (Å²) in [5, 5.41) is 17.7. The Bertz CT molecular complexity index is 796. The normalized spacial score (nSPS) is 15.1. The van der Waals surface area contributed by atoms with Crippen LogP contribution in [-0.2, 0) is 9.53 Å². The van der Waals surface area contributed by atoms with Gasteiger partial charge in [0.15, 0.2) is 0 Å². The van der Waals surface area contributed by atoms with Gasteiger partial charge in [-0.3, -0.25) is 0 Å². The van der Waals surface area contributed by atoms with Crippen molar-refractivity contribution < 1.29 is 14.6 Å². The lowest BCUT2D eigenvalue weighted by Crippen LogP contribution is -2.36. The number of benzene rings is 1. The Balaban J connectivity index is 1.78. The van der Waals surface area contributed by atoms with E-state index >= 15 is 0 Å². The van der Waals surface area contributed by atoms with E-state index in [0.29, 0.717) is 0 Å². The van der Waals surface area contributed by atoms with Crippen LogP contribution in [0.1, 0.15) is 4.88 Å². The van der Waals surface area contributed by atoms with Crippen molar-refractivity contribution in [2.75, 3.05) is 31.2 Å². The smallest absolute Gasteiger partial charge is 0.346 e. The van der Waals surface area contributed by atoms with Crippen LogP contribution < -0.4 is 4.90 Å². The third-order valence-electron chi connectivity index (χ3n) is 3.79. The maximum atomic E-state index is 10.9. The Labute approximate surface area is 144 Å². The molecule has 1 aromatic heterocycles. The lowest BCUT2D eigenvalue weighted by Gasteiger charge is -2.28. The van der Waals surface area contributed by atoms with Gasteiger partial charge in [-0.1, -0.05) is 12.1 Å². The highest BCUT2D eigenvalue weighted by molar-refractivity contribution is 7.16. The third kappa shape index (κ3) is 3.65. The number of thiophene rings is 1. The van der Waals surface area contributed by atoms with Gasteiger partial charge in [-0.2, -0.15) is 5.26 Å². The fraction of sp³-hybridized carbons (Fsp3) is 0.222. The lowest BCUT2D eigenvalue weighted by molar-refractivity contribution is -0.132. The topological polar surface area (TPSA) is 73.6 Å². The zero-order valence-corrected chi connectivity index (χ0v) is 13.8. The van der Waals surface area contributed by atoms with E-state index < -0.39 is 5.97 Å². The average Bonchev–Trinajstić information content (AvgIpc) is 3.09. The van der Waals surface area contributed by atoms with E-state index in [1.807, 2.05) is 12.1 Å². The predicted molar refractivity (Wildman–Crippen MR) is 94.0 cm³/mol. The molecule has 0 aliphatic carbocycles. The summed E-state index contributed by atoms with van der Waals surface area (Å²) in [5.41, 5.74) is 1.99. The predicted octanol–water partition coefficient (Wildman–Crippen LogP) is 3.24. The van der Waals surface area contributed by atoms with Crippen LogP contribution in [0.4, 0.5) is 5.69 Å². The first-order valence-electron chi connectivity index (χ1n) is 7.55. The Morgan fingerprint density at radius 1 is 1.21 bits per heavy atom. The fourth-order valence-electron chi connectivity index (χ4n) is 2.53. The largest absolute Gasteiger partial charge is 0.477 e. The van der Waals surface area contributed by atoms with E-state index in [1.54, 1.807) is 6.07 Å². The molecule has 1 aliphatic rings. The van der Waals surface area contributed by atoms with E-state index in [0.717, 1.165) is 41.6 Å². The van der Waals surface area contributed by atoms with Crippen LogP contribution in [0.3, 0.4) is 0 Å². The molecule has 0 radical (unpaired) electrons. The molecule has 6 heteroatoms. The van der Waals surface area contributed by atoms with Crippen LogP contribution in [0, 0.1) is 11.3 Å². The number of rotatable bonds is 4. The molecule has 0 amide bonds. The summed E-state index contributed by atoms with van der Waals surface area (Å²) in [6.45, 7) is 3.32. The summed E-state index contributed by atoms with van der Waals surface area (Å²) in [6, 6.07) is 13.8. The van der Waals surface area contributed by atoms with Gasteiger partial charge in [-0.05, 0) is 35.9 Å². The van der Waals surface area contributed by atoms with Crippen molar-refractivity contribution >= 4 is 29.1 Å². The summed E-state index contributed by atoms with van der Waals surface area (Å²) >= 11 is 1.46. The van der Waals surface area contributed by atoms with Gasteiger partial charge in [-0.15, -0.1) is 11.3 Å². The highest BCUT2D eigenvalue weighted by Crippen LogP contribution is 2.31. The Morgan fingerprint density at radius 2 is 1.92 bits per heavy atom. The number of carboxylic acid groups (broad SMARTS) is 1. The monoisotopic (exact) mass is 340 g/mol. The van der Waals surface area contributed by atoms with Crippen molar-refractivity contribution in [3.05, 3.63) is 46.8 Å².